The maximum atomic E-state index is 9.95. The molecule has 1 heterocycles. The Bertz CT molecular complexity index is 550. The third kappa shape index (κ3) is 4.14. The monoisotopic (exact) mass is 381 g/mol. The number of phenolic OH excluding ortho intramolecular Hbond substituents is 1. The average molecular weight is 382 g/mol. The molecule has 0 spiro atoms. The Morgan fingerprint density at radius 1 is 1.22 bits per heavy atom. The Labute approximate surface area is 146 Å². The molecule has 0 bridgehead atoms. The summed E-state index contributed by atoms with van der Waals surface area (Å²) in [4.78, 5) is 6.41. The molecule has 0 radical (unpaired) electrons. The highest BCUT2D eigenvalue weighted by Gasteiger charge is 2.42. The van der Waals surface area contributed by atoms with Gasteiger partial charge in [0.15, 0.2) is 0 Å². The first kappa shape index (κ1) is 16.9. The SMILES string of the molecule is Oc1ccc(Br)cc1C=NCC1([NH+]2CCOCC2)CCCCC1. The highest BCUT2D eigenvalue weighted by Crippen LogP contribution is 2.27. The Morgan fingerprint density at radius 2 is 1.96 bits per heavy atom. The lowest BCUT2D eigenvalue weighted by Gasteiger charge is -2.44. The van der Waals surface area contributed by atoms with Crippen LogP contribution in [0.4, 0.5) is 0 Å². The summed E-state index contributed by atoms with van der Waals surface area (Å²) < 4.78 is 6.50. The first-order valence-corrected chi connectivity index (χ1v) is 9.40. The van der Waals surface area contributed by atoms with Gasteiger partial charge in [-0.25, -0.2) is 0 Å². The largest absolute Gasteiger partial charge is 0.507 e. The van der Waals surface area contributed by atoms with Crippen molar-refractivity contribution in [2.45, 2.75) is 37.6 Å². The number of phenols is 1. The normalized spacial score (nSPS) is 22.5. The van der Waals surface area contributed by atoms with Gasteiger partial charge in [0.2, 0.25) is 0 Å². The number of halogens is 1. The van der Waals surface area contributed by atoms with Gasteiger partial charge in [-0.1, -0.05) is 22.4 Å². The van der Waals surface area contributed by atoms with Gasteiger partial charge in [0.25, 0.3) is 0 Å². The first-order valence-electron chi connectivity index (χ1n) is 8.61. The van der Waals surface area contributed by atoms with Crippen LogP contribution in [0.3, 0.4) is 0 Å². The van der Waals surface area contributed by atoms with E-state index in [1.165, 1.54) is 32.1 Å². The highest BCUT2D eigenvalue weighted by atomic mass is 79.9. The number of quaternary nitrogens is 1. The summed E-state index contributed by atoms with van der Waals surface area (Å²) in [5, 5.41) is 9.95. The zero-order valence-electron chi connectivity index (χ0n) is 13.6. The molecule has 1 saturated carbocycles. The topological polar surface area (TPSA) is 46.3 Å². The third-order valence-corrected chi connectivity index (χ3v) is 5.76. The van der Waals surface area contributed by atoms with E-state index < -0.39 is 0 Å². The van der Waals surface area contributed by atoms with Crippen LogP contribution < -0.4 is 4.90 Å². The summed E-state index contributed by atoms with van der Waals surface area (Å²) in [6.45, 7) is 4.77. The van der Waals surface area contributed by atoms with Crippen molar-refractivity contribution in [2.75, 3.05) is 32.8 Å². The predicted molar refractivity (Wildman–Crippen MR) is 95.6 cm³/mol. The van der Waals surface area contributed by atoms with Crippen molar-refractivity contribution in [3.8, 4) is 5.75 Å². The molecule has 1 saturated heterocycles. The quantitative estimate of drug-likeness (QED) is 0.785. The molecular weight excluding hydrogens is 356 g/mol. The van der Waals surface area contributed by atoms with E-state index in [0.29, 0.717) is 0 Å². The van der Waals surface area contributed by atoms with Crippen LogP contribution >= 0.6 is 15.9 Å². The predicted octanol–water partition coefficient (Wildman–Crippen LogP) is 2.19. The van der Waals surface area contributed by atoms with Crippen molar-refractivity contribution in [3.63, 3.8) is 0 Å². The van der Waals surface area contributed by atoms with Crippen molar-refractivity contribution < 1.29 is 14.7 Å². The van der Waals surface area contributed by atoms with Crippen LogP contribution in [-0.4, -0.2) is 49.7 Å². The third-order valence-electron chi connectivity index (χ3n) is 5.27. The number of ether oxygens (including phenoxy) is 1. The van der Waals surface area contributed by atoms with Crippen LogP contribution in [0, 0.1) is 0 Å². The fourth-order valence-electron chi connectivity index (χ4n) is 3.95. The summed E-state index contributed by atoms with van der Waals surface area (Å²) in [5.41, 5.74) is 1.04. The smallest absolute Gasteiger partial charge is 0.124 e. The molecule has 2 N–H and O–H groups in total. The Hall–Kier alpha value is -0.910. The van der Waals surface area contributed by atoms with Crippen molar-refractivity contribution in [3.05, 3.63) is 28.2 Å². The minimum absolute atomic E-state index is 0.264. The second-order valence-electron chi connectivity index (χ2n) is 6.73. The summed E-state index contributed by atoms with van der Waals surface area (Å²) in [6.07, 6.45) is 8.30. The van der Waals surface area contributed by atoms with E-state index in [9.17, 15) is 5.11 Å². The van der Waals surface area contributed by atoms with Gasteiger partial charge >= 0.3 is 0 Å². The fraction of sp³-hybridized carbons (Fsp3) is 0.611. The lowest BCUT2D eigenvalue weighted by molar-refractivity contribution is -0.959. The molecule has 23 heavy (non-hydrogen) atoms. The minimum Gasteiger partial charge on any atom is -0.507 e. The zero-order chi connectivity index (χ0) is 16.1. The van der Waals surface area contributed by atoms with E-state index in [0.717, 1.165) is 42.9 Å². The zero-order valence-corrected chi connectivity index (χ0v) is 15.1. The Balaban J connectivity index is 1.73. The minimum atomic E-state index is 0.264. The van der Waals surface area contributed by atoms with E-state index in [2.05, 4.69) is 15.9 Å². The molecule has 3 rings (SSSR count). The molecule has 5 heteroatoms. The molecular formula is C18H26BrN2O2+. The molecule has 0 unspecified atom stereocenters. The molecule has 126 valence electrons. The van der Waals surface area contributed by atoms with Crippen LogP contribution in [0.1, 0.15) is 37.7 Å². The van der Waals surface area contributed by atoms with Gasteiger partial charge in [-0.15, -0.1) is 0 Å². The number of hydrogen-bond donors (Lipinski definition) is 2. The molecule has 1 aliphatic carbocycles. The number of rotatable bonds is 4. The molecule has 2 aliphatic rings. The molecule has 1 aromatic carbocycles. The summed E-state index contributed by atoms with van der Waals surface area (Å²) in [5.74, 6) is 0.286. The Kier molecular flexibility index (Phi) is 5.72. The van der Waals surface area contributed by atoms with Crippen LogP contribution in [0.25, 0.3) is 0 Å². The molecule has 0 atom stereocenters. The van der Waals surface area contributed by atoms with E-state index in [4.69, 9.17) is 9.73 Å². The Morgan fingerprint density at radius 3 is 2.70 bits per heavy atom. The van der Waals surface area contributed by atoms with Crippen LogP contribution in [0.5, 0.6) is 5.75 Å². The second-order valence-corrected chi connectivity index (χ2v) is 7.65. The van der Waals surface area contributed by atoms with E-state index in [1.54, 1.807) is 11.0 Å². The number of aromatic hydroxyl groups is 1. The lowest BCUT2D eigenvalue weighted by Crippen LogP contribution is -3.22. The van der Waals surface area contributed by atoms with E-state index in [-0.39, 0.29) is 11.3 Å². The summed E-state index contributed by atoms with van der Waals surface area (Å²) >= 11 is 3.45. The number of nitrogens with one attached hydrogen (secondary N) is 1. The fourth-order valence-corrected chi connectivity index (χ4v) is 4.33. The van der Waals surface area contributed by atoms with E-state index in [1.807, 2.05) is 18.3 Å². The molecule has 0 amide bonds. The van der Waals surface area contributed by atoms with Gasteiger partial charge in [-0.3, -0.25) is 4.99 Å². The lowest BCUT2D eigenvalue weighted by atomic mass is 9.80. The van der Waals surface area contributed by atoms with Gasteiger partial charge in [0.1, 0.15) is 24.4 Å². The van der Waals surface area contributed by atoms with Crippen molar-refractivity contribution in [2.24, 2.45) is 4.99 Å². The number of benzene rings is 1. The van der Waals surface area contributed by atoms with Gasteiger partial charge in [0.05, 0.1) is 19.8 Å². The number of nitrogens with zero attached hydrogens (tertiary/aromatic N) is 1. The van der Waals surface area contributed by atoms with Gasteiger partial charge in [0, 0.05) is 29.1 Å². The van der Waals surface area contributed by atoms with E-state index >= 15 is 0 Å². The number of hydrogen-bond acceptors (Lipinski definition) is 3. The van der Waals surface area contributed by atoms with Gasteiger partial charge in [-0.2, -0.15) is 0 Å². The maximum absolute atomic E-state index is 9.95. The first-order chi connectivity index (χ1) is 11.2. The van der Waals surface area contributed by atoms with Crippen LogP contribution in [-0.2, 0) is 4.74 Å². The van der Waals surface area contributed by atoms with Gasteiger partial charge < -0.3 is 14.7 Å². The second kappa shape index (κ2) is 7.77. The van der Waals surface area contributed by atoms with Crippen LogP contribution in [0.15, 0.2) is 27.7 Å². The van der Waals surface area contributed by atoms with Crippen molar-refractivity contribution in [1.82, 2.24) is 0 Å². The molecule has 1 aromatic rings. The maximum Gasteiger partial charge on any atom is 0.124 e. The number of morpholine rings is 1. The molecule has 4 nitrogen and oxygen atoms in total. The van der Waals surface area contributed by atoms with Crippen molar-refractivity contribution >= 4 is 22.1 Å². The molecule has 2 fully saturated rings. The van der Waals surface area contributed by atoms with Crippen molar-refractivity contribution in [1.29, 1.82) is 0 Å². The average Bonchev–Trinajstić information content (AvgIpc) is 2.60. The van der Waals surface area contributed by atoms with Gasteiger partial charge in [-0.05, 0) is 31.0 Å². The summed E-state index contributed by atoms with van der Waals surface area (Å²) in [6, 6.07) is 5.45. The molecule has 0 aromatic heterocycles. The molecule has 1 aliphatic heterocycles. The summed E-state index contributed by atoms with van der Waals surface area (Å²) in [7, 11) is 0. The standard InChI is InChI=1S/C18H25BrN2O2/c19-16-4-5-17(22)15(12-16)13-20-14-18(6-2-1-3-7-18)21-8-10-23-11-9-21/h4-5,12-13,22H,1-3,6-11,14H2/p+1. The van der Waals surface area contributed by atoms with Crippen LogP contribution in [0.2, 0.25) is 0 Å². The highest BCUT2D eigenvalue weighted by molar-refractivity contribution is 9.10. The number of aliphatic imine (C=N–C) groups is 1.